The minimum Gasteiger partial charge on any atom is -0.536 e. The Morgan fingerprint density at radius 3 is 2.79 bits per heavy atom. The molecule has 0 atom stereocenters. The van der Waals surface area contributed by atoms with Crippen LogP contribution in [0.15, 0.2) is 48.5 Å². The summed E-state index contributed by atoms with van der Waals surface area (Å²) in [6.45, 7) is 2.23. The van der Waals surface area contributed by atoms with Crippen LogP contribution in [0.5, 0.6) is 5.75 Å². The molecule has 2 nitrogen and oxygen atoms in total. The van der Waals surface area contributed by atoms with Gasteiger partial charge in [-0.25, -0.2) is 0 Å². The standard InChI is InChI=1S/C20H18BO2S/c1-2-3-7-13-8-6-9-14-12-16(23-21-22)20-19(18(13)14)15-10-4-5-11-17(15)24-20/h4-6,8-12,22H,2-3,7H2,1H3. The van der Waals surface area contributed by atoms with Gasteiger partial charge < -0.3 is 9.68 Å². The smallest absolute Gasteiger partial charge is 0.536 e. The van der Waals surface area contributed by atoms with E-state index in [1.807, 2.05) is 6.07 Å². The zero-order valence-corrected chi connectivity index (χ0v) is 14.4. The van der Waals surface area contributed by atoms with Crippen molar-refractivity contribution in [3.8, 4) is 5.75 Å². The highest BCUT2D eigenvalue weighted by Gasteiger charge is 2.16. The summed E-state index contributed by atoms with van der Waals surface area (Å²) in [7, 11) is 0.770. The molecule has 0 saturated heterocycles. The number of thiophene rings is 1. The summed E-state index contributed by atoms with van der Waals surface area (Å²) in [6.07, 6.45) is 3.45. The van der Waals surface area contributed by atoms with Gasteiger partial charge >= 0.3 is 7.69 Å². The maximum atomic E-state index is 9.15. The molecule has 0 amide bonds. The Kier molecular flexibility index (Phi) is 4.17. The van der Waals surface area contributed by atoms with Gasteiger partial charge in [0.25, 0.3) is 0 Å². The second-order valence-corrected chi connectivity index (χ2v) is 7.07. The van der Waals surface area contributed by atoms with Crippen molar-refractivity contribution in [2.75, 3.05) is 0 Å². The van der Waals surface area contributed by atoms with Crippen LogP contribution in [-0.4, -0.2) is 12.7 Å². The predicted octanol–water partition coefficient (Wildman–Crippen LogP) is 5.46. The molecular weight excluding hydrogens is 315 g/mol. The number of hydrogen-bond acceptors (Lipinski definition) is 3. The number of hydrogen-bond donors (Lipinski definition) is 1. The molecule has 0 aliphatic heterocycles. The molecule has 1 heterocycles. The molecule has 0 aliphatic rings. The molecule has 119 valence electrons. The van der Waals surface area contributed by atoms with Crippen molar-refractivity contribution in [3.05, 3.63) is 54.1 Å². The molecule has 1 aromatic heterocycles. The van der Waals surface area contributed by atoms with Gasteiger partial charge in [0.1, 0.15) is 5.75 Å². The van der Waals surface area contributed by atoms with Crippen LogP contribution in [0.2, 0.25) is 0 Å². The first kappa shape index (κ1) is 15.5. The Bertz CT molecular complexity index is 1020. The normalized spacial score (nSPS) is 11.4. The van der Waals surface area contributed by atoms with Gasteiger partial charge in [-0.1, -0.05) is 49.7 Å². The molecule has 4 aromatic rings. The molecule has 24 heavy (non-hydrogen) atoms. The SMILES string of the molecule is CCCCc1cccc2cc(O[B]O)c3sc4ccccc4c3c12. The summed E-state index contributed by atoms with van der Waals surface area (Å²) < 4.78 is 7.76. The quantitative estimate of drug-likeness (QED) is 0.492. The zero-order valence-electron chi connectivity index (χ0n) is 13.6. The highest BCUT2D eigenvalue weighted by molar-refractivity contribution is 7.26. The van der Waals surface area contributed by atoms with Crippen LogP contribution in [0.3, 0.4) is 0 Å². The molecule has 4 rings (SSSR count). The lowest BCUT2D eigenvalue weighted by atomic mass is 9.95. The lowest BCUT2D eigenvalue weighted by Gasteiger charge is -2.11. The number of unbranched alkanes of at least 4 members (excludes halogenated alkanes) is 1. The molecular formula is C20H18BO2S. The molecule has 0 unspecified atom stereocenters. The molecule has 0 spiro atoms. The van der Waals surface area contributed by atoms with Crippen molar-refractivity contribution >= 4 is 50.0 Å². The van der Waals surface area contributed by atoms with Crippen LogP contribution >= 0.6 is 11.3 Å². The second-order valence-electron chi connectivity index (χ2n) is 6.02. The van der Waals surface area contributed by atoms with E-state index in [0.29, 0.717) is 5.75 Å². The minimum absolute atomic E-state index is 0.717. The summed E-state index contributed by atoms with van der Waals surface area (Å²) >= 11 is 1.72. The summed E-state index contributed by atoms with van der Waals surface area (Å²) in [5, 5.41) is 14.1. The first-order chi connectivity index (χ1) is 11.8. The summed E-state index contributed by atoms with van der Waals surface area (Å²) in [5.74, 6) is 0.717. The molecule has 0 fully saturated rings. The Morgan fingerprint density at radius 1 is 1.08 bits per heavy atom. The minimum atomic E-state index is 0.717. The number of fused-ring (bicyclic) bond motifs is 5. The lowest BCUT2D eigenvalue weighted by molar-refractivity contribution is 0.457. The molecule has 0 aliphatic carbocycles. The zero-order chi connectivity index (χ0) is 16.5. The lowest BCUT2D eigenvalue weighted by Crippen LogP contribution is -2.00. The third kappa shape index (κ3) is 2.47. The van der Waals surface area contributed by atoms with Crippen molar-refractivity contribution in [1.82, 2.24) is 0 Å². The average molecular weight is 333 g/mol. The maximum Gasteiger partial charge on any atom is 0.569 e. The van der Waals surface area contributed by atoms with Gasteiger partial charge in [-0.3, -0.25) is 0 Å². The first-order valence-electron chi connectivity index (χ1n) is 8.32. The Balaban J connectivity index is 2.15. The van der Waals surface area contributed by atoms with Gasteiger partial charge in [0.15, 0.2) is 0 Å². The monoisotopic (exact) mass is 333 g/mol. The first-order valence-corrected chi connectivity index (χ1v) is 9.13. The topological polar surface area (TPSA) is 29.5 Å². The Morgan fingerprint density at radius 2 is 1.96 bits per heavy atom. The van der Waals surface area contributed by atoms with Crippen LogP contribution in [0.4, 0.5) is 0 Å². The van der Waals surface area contributed by atoms with Gasteiger partial charge in [0, 0.05) is 15.5 Å². The van der Waals surface area contributed by atoms with Gasteiger partial charge in [-0.15, -0.1) is 11.3 Å². The number of rotatable bonds is 5. The van der Waals surface area contributed by atoms with Crippen LogP contribution in [0.1, 0.15) is 25.3 Å². The van der Waals surface area contributed by atoms with Crippen LogP contribution < -0.4 is 4.65 Å². The van der Waals surface area contributed by atoms with E-state index in [1.54, 1.807) is 11.3 Å². The van der Waals surface area contributed by atoms with Crippen LogP contribution in [0.25, 0.3) is 30.9 Å². The largest absolute Gasteiger partial charge is 0.569 e. The van der Waals surface area contributed by atoms with Crippen molar-refractivity contribution in [2.45, 2.75) is 26.2 Å². The van der Waals surface area contributed by atoms with Crippen molar-refractivity contribution < 1.29 is 9.68 Å². The summed E-state index contributed by atoms with van der Waals surface area (Å²) in [4.78, 5) is 0. The molecule has 0 bridgehead atoms. The second kappa shape index (κ2) is 6.46. The summed E-state index contributed by atoms with van der Waals surface area (Å²) in [6, 6.07) is 17.0. The fraction of sp³-hybridized carbons (Fsp3) is 0.200. The maximum absolute atomic E-state index is 9.15. The predicted molar refractivity (Wildman–Crippen MR) is 104 cm³/mol. The van der Waals surface area contributed by atoms with Gasteiger partial charge in [-0.2, -0.15) is 0 Å². The van der Waals surface area contributed by atoms with E-state index in [-0.39, 0.29) is 0 Å². The van der Waals surface area contributed by atoms with Gasteiger partial charge in [0.2, 0.25) is 0 Å². The highest BCUT2D eigenvalue weighted by Crippen LogP contribution is 2.44. The van der Waals surface area contributed by atoms with E-state index < -0.39 is 0 Å². The van der Waals surface area contributed by atoms with Crippen LogP contribution in [-0.2, 0) is 6.42 Å². The molecule has 1 N–H and O–H groups in total. The molecule has 3 aromatic carbocycles. The van der Waals surface area contributed by atoms with E-state index in [2.05, 4.69) is 49.4 Å². The third-order valence-electron chi connectivity index (χ3n) is 4.52. The number of benzene rings is 3. The van der Waals surface area contributed by atoms with E-state index >= 15 is 0 Å². The van der Waals surface area contributed by atoms with Gasteiger partial charge in [0.05, 0.1) is 4.70 Å². The molecule has 1 radical (unpaired) electrons. The molecule has 4 heteroatoms. The van der Waals surface area contributed by atoms with E-state index in [4.69, 9.17) is 9.68 Å². The Hall–Kier alpha value is -2.04. The van der Waals surface area contributed by atoms with Crippen molar-refractivity contribution in [3.63, 3.8) is 0 Å². The van der Waals surface area contributed by atoms with E-state index in [9.17, 15) is 0 Å². The van der Waals surface area contributed by atoms with E-state index in [0.717, 1.165) is 24.2 Å². The highest BCUT2D eigenvalue weighted by atomic mass is 32.1. The van der Waals surface area contributed by atoms with Crippen LogP contribution in [0, 0.1) is 0 Å². The fourth-order valence-corrected chi connectivity index (χ4v) is 4.61. The summed E-state index contributed by atoms with van der Waals surface area (Å²) in [5.41, 5.74) is 1.39. The fourth-order valence-electron chi connectivity index (χ4n) is 3.44. The molecule has 0 saturated carbocycles. The number of aryl methyl sites for hydroxylation is 1. The van der Waals surface area contributed by atoms with E-state index in [1.165, 1.54) is 39.3 Å². The van der Waals surface area contributed by atoms with Crippen molar-refractivity contribution in [2.24, 2.45) is 0 Å². The average Bonchev–Trinajstić information content (AvgIpc) is 3.00. The van der Waals surface area contributed by atoms with Crippen molar-refractivity contribution in [1.29, 1.82) is 0 Å². The van der Waals surface area contributed by atoms with Gasteiger partial charge in [-0.05, 0) is 41.3 Å². The Labute approximate surface area is 146 Å². The third-order valence-corrected chi connectivity index (χ3v) is 5.70.